The fraction of sp³-hybridized carbons (Fsp3) is 0.300. The number of anilines is 2. The Morgan fingerprint density at radius 2 is 2.04 bits per heavy atom. The molecule has 1 fully saturated rings. The summed E-state index contributed by atoms with van der Waals surface area (Å²) in [6.45, 7) is 1.33. The molecule has 1 aliphatic rings. The third-order valence-corrected chi connectivity index (χ3v) is 5.00. The predicted molar refractivity (Wildman–Crippen MR) is 106 cm³/mol. The number of aliphatic hydroxyl groups is 2. The van der Waals surface area contributed by atoms with Gasteiger partial charge < -0.3 is 21.3 Å². The van der Waals surface area contributed by atoms with E-state index in [2.05, 4.69) is 21.3 Å². The molecule has 0 aliphatic carbocycles. The highest BCUT2D eigenvalue weighted by atomic mass is 16.3. The second-order valence-corrected chi connectivity index (χ2v) is 7.00. The van der Waals surface area contributed by atoms with Gasteiger partial charge in [-0.15, -0.1) is 6.42 Å². The maximum atomic E-state index is 10.1. The number of nitrogens with one attached hydrogen (secondary N) is 1. The van der Waals surface area contributed by atoms with Crippen molar-refractivity contribution in [2.45, 2.75) is 24.8 Å². The van der Waals surface area contributed by atoms with Crippen LogP contribution in [0.5, 0.6) is 0 Å². The Morgan fingerprint density at radius 3 is 2.79 bits per heavy atom. The van der Waals surface area contributed by atoms with Gasteiger partial charge in [0.1, 0.15) is 11.8 Å². The van der Waals surface area contributed by atoms with Crippen molar-refractivity contribution in [2.24, 2.45) is 5.73 Å². The van der Waals surface area contributed by atoms with Crippen LogP contribution in [0.1, 0.15) is 11.1 Å². The minimum atomic E-state index is -0.766. The van der Waals surface area contributed by atoms with Crippen molar-refractivity contribution < 1.29 is 10.2 Å². The van der Waals surface area contributed by atoms with Gasteiger partial charge in [0.25, 0.3) is 0 Å². The van der Waals surface area contributed by atoms with E-state index in [4.69, 9.17) is 12.2 Å². The van der Waals surface area contributed by atoms with Crippen molar-refractivity contribution in [3.05, 3.63) is 54.0 Å². The number of β-amino-alcohol motifs (C(OH)–C–C–N with tert-alkyl or cyclic N) is 2. The smallest absolute Gasteiger partial charge is 0.158 e. The lowest BCUT2D eigenvalue weighted by molar-refractivity contribution is -0.0289. The maximum absolute atomic E-state index is 10.1. The molecular formula is C20H22N6O2. The third kappa shape index (κ3) is 3.56. The summed E-state index contributed by atoms with van der Waals surface area (Å²) in [5.74, 6) is 3.27. The predicted octanol–water partition coefficient (Wildman–Crippen LogP) is 0.319. The van der Waals surface area contributed by atoms with Gasteiger partial charge in [-0.05, 0) is 29.8 Å². The Labute approximate surface area is 162 Å². The second kappa shape index (κ2) is 7.58. The Bertz CT molecular complexity index is 1010. The molecule has 1 saturated heterocycles. The Balaban J connectivity index is 1.63. The number of hydrogen-bond acceptors (Lipinski definition) is 7. The van der Waals surface area contributed by atoms with E-state index in [1.807, 2.05) is 41.4 Å². The molecule has 4 rings (SSSR count). The van der Waals surface area contributed by atoms with Gasteiger partial charge in [0.15, 0.2) is 5.82 Å². The number of benzene rings is 1. The average molecular weight is 378 g/mol. The number of likely N-dealkylation sites (tertiary alicyclic amines) is 1. The van der Waals surface area contributed by atoms with Crippen LogP contribution in [-0.4, -0.2) is 61.1 Å². The molecule has 144 valence electrons. The Kier molecular flexibility index (Phi) is 4.98. The zero-order valence-corrected chi connectivity index (χ0v) is 15.2. The van der Waals surface area contributed by atoms with Gasteiger partial charge in [-0.3, -0.25) is 4.90 Å². The summed E-state index contributed by atoms with van der Waals surface area (Å²) in [5, 5.41) is 27.7. The molecule has 0 radical (unpaired) electrons. The maximum Gasteiger partial charge on any atom is 0.158 e. The highest BCUT2D eigenvalue weighted by molar-refractivity contribution is 5.76. The number of terminal acetylenes is 1. The molecular weight excluding hydrogens is 356 g/mol. The molecule has 3 aromatic rings. The van der Waals surface area contributed by atoms with Crippen LogP contribution in [0, 0.1) is 12.3 Å². The summed E-state index contributed by atoms with van der Waals surface area (Å²) in [5.41, 5.74) is 9.22. The molecule has 8 heteroatoms. The SMILES string of the molecule is C#Cc1cccc(Nc2ncnn3ccc(CN4CC(O)C(N)[C@H](O)C4)c23)c1. The molecule has 3 heterocycles. The van der Waals surface area contributed by atoms with E-state index in [-0.39, 0.29) is 0 Å². The highest BCUT2D eigenvalue weighted by Crippen LogP contribution is 2.25. The average Bonchev–Trinajstić information content (AvgIpc) is 3.10. The van der Waals surface area contributed by atoms with E-state index in [0.29, 0.717) is 25.5 Å². The number of nitrogens with zero attached hydrogens (tertiary/aromatic N) is 4. The third-order valence-electron chi connectivity index (χ3n) is 5.00. The molecule has 0 spiro atoms. The van der Waals surface area contributed by atoms with Crippen molar-refractivity contribution in [3.63, 3.8) is 0 Å². The van der Waals surface area contributed by atoms with E-state index >= 15 is 0 Å². The summed E-state index contributed by atoms with van der Waals surface area (Å²) < 4.78 is 1.75. The number of piperidine rings is 1. The fourth-order valence-electron chi connectivity index (χ4n) is 3.53. The van der Waals surface area contributed by atoms with Crippen LogP contribution in [0.4, 0.5) is 11.5 Å². The number of rotatable bonds is 4. The molecule has 8 nitrogen and oxygen atoms in total. The van der Waals surface area contributed by atoms with Crippen molar-refractivity contribution in [1.82, 2.24) is 19.5 Å². The normalized spacial score (nSPS) is 22.9. The Morgan fingerprint density at radius 1 is 1.25 bits per heavy atom. The van der Waals surface area contributed by atoms with Crippen LogP contribution < -0.4 is 11.1 Å². The number of nitrogens with two attached hydrogens (primary N) is 1. The molecule has 0 saturated carbocycles. The Hall–Kier alpha value is -2.96. The zero-order valence-electron chi connectivity index (χ0n) is 15.2. The number of fused-ring (bicyclic) bond motifs is 1. The van der Waals surface area contributed by atoms with Crippen LogP contribution >= 0.6 is 0 Å². The van der Waals surface area contributed by atoms with E-state index in [1.54, 1.807) is 4.52 Å². The first-order valence-corrected chi connectivity index (χ1v) is 9.04. The summed E-state index contributed by atoms with van der Waals surface area (Å²) in [6, 6.07) is 8.88. The van der Waals surface area contributed by atoms with Gasteiger partial charge in [0, 0.05) is 37.1 Å². The number of hydrogen-bond donors (Lipinski definition) is 4. The molecule has 5 N–H and O–H groups in total. The largest absolute Gasteiger partial charge is 0.390 e. The van der Waals surface area contributed by atoms with Crippen LogP contribution in [0.2, 0.25) is 0 Å². The van der Waals surface area contributed by atoms with Crippen LogP contribution in [0.15, 0.2) is 42.9 Å². The number of aromatic nitrogens is 3. The lowest BCUT2D eigenvalue weighted by Crippen LogP contribution is -2.58. The van der Waals surface area contributed by atoms with Gasteiger partial charge in [0.05, 0.1) is 18.2 Å². The first kappa shape index (κ1) is 18.4. The molecule has 0 amide bonds. The van der Waals surface area contributed by atoms with E-state index in [1.165, 1.54) is 6.33 Å². The van der Waals surface area contributed by atoms with Crippen molar-refractivity contribution in [3.8, 4) is 12.3 Å². The van der Waals surface area contributed by atoms with Gasteiger partial charge in [-0.25, -0.2) is 9.50 Å². The minimum absolute atomic E-state index is 0.399. The molecule has 1 aromatic carbocycles. The molecule has 0 bridgehead atoms. The van der Waals surface area contributed by atoms with Gasteiger partial charge in [0.2, 0.25) is 0 Å². The van der Waals surface area contributed by atoms with Crippen LogP contribution in [0.25, 0.3) is 5.52 Å². The monoisotopic (exact) mass is 378 g/mol. The van der Waals surface area contributed by atoms with E-state index in [9.17, 15) is 10.2 Å². The first-order chi connectivity index (χ1) is 13.5. The zero-order chi connectivity index (χ0) is 19.7. The lowest BCUT2D eigenvalue weighted by Gasteiger charge is -2.37. The van der Waals surface area contributed by atoms with E-state index < -0.39 is 18.2 Å². The van der Waals surface area contributed by atoms with Gasteiger partial charge in [-0.1, -0.05) is 12.0 Å². The van der Waals surface area contributed by atoms with Gasteiger partial charge in [-0.2, -0.15) is 5.10 Å². The van der Waals surface area contributed by atoms with Crippen molar-refractivity contribution >= 4 is 17.0 Å². The van der Waals surface area contributed by atoms with Crippen molar-refractivity contribution in [1.29, 1.82) is 0 Å². The molecule has 2 aromatic heterocycles. The summed E-state index contributed by atoms with van der Waals surface area (Å²) >= 11 is 0. The fourth-order valence-corrected chi connectivity index (χ4v) is 3.53. The van der Waals surface area contributed by atoms with Crippen molar-refractivity contribution in [2.75, 3.05) is 18.4 Å². The quantitative estimate of drug-likeness (QED) is 0.484. The van der Waals surface area contributed by atoms with E-state index in [0.717, 1.165) is 22.3 Å². The second-order valence-electron chi connectivity index (χ2n) is 7.00. The van der Waals surface area contributed by atoms with Crippen LogP contribution in [-0.2, 0) is 6.54 Å². The van der Waals surface area contributed by atoms with Crippen LogP contribution in [0.3, 0.4) is 0 Å². The molecule has 2 unspecified atom stereocenters. The lowest BCUT2D eigenvalue weighted by atomic mass is 9.99. The molecule has 28 heavy (non-hydrogen) atoms. The topological polar surface area (TPSA) is 112 Å². The summed E-state index contributed by atoms with van der Waals surface area (Å²) in [6.07, 6.45) is 7.29. The standard InChI is InChI=1S/C20H22N6O2/c1-2-13-4-3-5-15(8-13)24-20-19-14(6-7-26(19)23-12-22-20)9-25-10-16(27)18(21)17(28)11-25/h1,3-8,12,16-18,27-28H,9-11,21H2,(H,22,23,24)/t16-,17?,18?/m1/s1. The summed E-state index contributed by atoms with van der Waals surface area (Å²) in [4.78, 5) is 6.37. The molecule has 1 aliphatic heterocycles. The first-order valence-electron chi connectivity index (χ1n) is 9.04. The highest BCUT2D eigenvalue weighted by Gasteiger charge is 2.32. The minimum Gasteiger partial charge on any atom is -0.390 e. The van der Waals surface area contributed by atoms with Gasteiger partial charge >= 0.3 is 0 Å². The summed E-state index contributed by atoms with van der Waals surface area (Å²) in [7, 11) is 0. The molecule has 3 atom stereocenters. The number of aliphatic hydroxyl groups excluding tert-OH is 2.